The number of aliphatic hydroxyl groups excluding tert-OH is 1. The minimum Gasteiger partial charge on any atom is -0.391 e. The van der Waals surface area contributed by atoms with E-state index >= 15 is 0 Å². The Bertz CT molecular complexity index is 1130. The SMILES string of the molecule is Cc1cc(CNC(=O)c2nc(N3CCC4(CCC4[Si](C)(C)C)C3)[nH]c(=O)c2CO)ccc1F. The molecule has 1 amide bonds. The lowest BCUT2D eigenvalue weighted by atomic mass is 9.67. The second-order valence-electron chi connectivity index (χ2n) is 10.6. The Kier molecular flexibility index (Phi) is 6.22. The summed E-state index contributed by atoms with van der Waals surface area (Å²) in [6, 6.07) is 4.62. The number of nitrogens with zero attached hydrogens (tertiary/aromatic N) is 2. The van der Waals surface area contributed by atoms with Gasteiger partial charge in [-0.3, -0.25) is 14.6 Å². The Hall–Kier alpha value is -2.52. The van der Waals surface area contributed by atoms with Crippen molar-refractivity contribution in [2.45, 2.75) is 64.5 Å². The number of nitrogens with one attached hydrogen (secondary N) is 2. The summed E-state index contributed by atoms with van der Waals surface area (Å²) >= 11 is 0. The van der Waals surface area contributed by atoms with Gasteiger partial charge in [-0.1, -0.05) is 38.2 Å². The van der Waals surface area contributed by atoms with E-state index in [4.69, 9.17) is 0 Å². The van der Waals surface area contributed by atoms with Gasteiger partial charge in [-0.15, -0.1) is 0 Å². The van der Waals surface area contributed by atoms with Gasteiger partial charge in [-0.2, -0.15) is 0 Å². The minimum atomic E-state index is -1.29. The Labute approximate surface area is 194 Å². The summed E-state index contributed by atoms with van der Waals surface area (Å²) < 4.78 is 13.5. The van der Waals surface area contributed by atoms with Crippen LogP contribution in [-0.2, 0) is 13.2 Å². The maximum atomic E-state index is 13.5. The van der Waals surface area contributed by atoms with Gasteiger partial charge < -0.3 is 15.3 Å². The van der Waals surface area contributed by atoms with Gasteiger partial charge >= 0.3 is 0 Å². The number of aliphatic hydroxyl groups is 1. The highest BCUT2D eigenvalue weighted by atomic mass is 28.3. The average molecular weight is 473 g/mol. The Morgan fingerprint density at radius 2 is 2.12 bits per heavy atom. The molecule has 2 fully saturated rings. The zero-order valence-corrected chi connectivity index (χ0v) is 20.8. The first-order valence-corrected chi connectivity index (χ1v) is 15.1. The van der Waals surface area contributed by atoms with Crippen molar-refractivity contribution < 1.29 is 14.3 Å². The first-order valence-electron chi connectivity index (χ1n) is 11.6. The molecule has 178 valence electrons. The van der Waals surface area contributed by atoms with Crippen LogP contribution in [0.1, 0.15) is 46.4 Å². The molecule has 0 radical (unpaired) electrons. The summed E-state index contributed by atoms with van der Waals surface area (Å²) in [7, 11) is -1.29. The number of H-pyrrole nitrogens is 1. The van der Waals surface area contributed by atoms with Crippen molar-refractivity contribution in [3.05, 3.63) is 56.8 Å². The fourth-order valence-electron chi connectivity index (χ4n) is 5.67. The number of benzene rings is 1. The second kappa shape index (κ2) is 8.68. The molecule has 2 unspecified atom stereocenters. The predicted molar refractivity (Wildman–Crippen MR) is 129 cm³/mol. The van der Waals surface area contributed by atoms with E-state index in [1.165, 1.54) is 18.9 Å². The number of aromatic nitrogens is 2. The Balaban J connectivity index is 1.54. The number of rotatable bonds is 6. The van der Waals surface area contributed by atoms with Crippen molar-refractivity contribution in [1.82, 2.24) is 15.3 Å². The number of carbonyl (C=O) groups is 1. The zero-order valence-electron chi connectivity index (χ0n) is 19.8. The highest BCUT2D eigenvalue weighted by Gasteiger charge is 2.55. The van der Waals surface area contributed by atoms with Crippen molar-refractivity contribution in [2.75, 3.05) is 18.0 Å². The van der Waals surface area contributed by atoms with E-state index in [-0.39, 0.29) is 29.0 Å². The van der Waals surface area contributed by atoms with Gasteiger partial charge in [0.25, 0.3) is 11.5 Å². The summed E-state index contributed by atoms with van der Waals surface area (Å²) in [6.07, 6.45) is 3.54. The van der Waals surface area contributed by atoms with Crippen molar-refractivity contribution in [3.63, 3.8) is 0 Å². The number of hydrogen-bond acceptors (Lipinski definition) is 5. The monoisotopic (exact) mass is 472 g/mol. The molecule has 1 aliphatic heterocycles. The average Bonchev–Trinajstić information content (AvgIpc) is 3.19. The minimum absolute atomic E-state index is 0.0518. The van der Waals surface area contributed by atoms with Crippen LogP contribution in [0, 0.1) is 18.2 Å². The number of halogens is 1. The van der Waals surface area contributed by atoms with Crippen LogP contribution in [0.5, 0.6) is 0 Å². The molecule has 33 heavy (non-hydrogen) atoms. The van der Waals surface area contributed by atoms with Gasteiger partial charge in [0.2, 0.25) is 5.95 Å². The fraction of sp³-hybridized carbons (Fsp3) is 0.542. The van der Waals surface area contributed by atoms with Crippen LogP contribution in [0.2, 0.25) is 25.2 Å². The molecule has 2 aliphatic rings. The molecular formula is C24H33FN4O3Si. The lowest BCUT2D eigenvalue weighted by Gasteiger charge is -2.53. The molecule has 1 aromatic heterocycles. The summed E-state index contributed by atoms with van der Waals surface area (Å²) in [6.45, 7) is 10.1. The van der Waals surface area contributed by atoms with E-state index in [0.29, 0.717) is 11.5 Å². The van der Waals surface area contributed by atoms with Gasteiger partial charge in [0.05, 0.1) is 12.2 Å². The summed E-state index contributed by atoms with van der Waals surface area (Å²) in [5.41, 5.74) is 1.64. The van der Waals surface area contributed by atoms with Gasteiger partial charge in [0, 0.05) is 27.7 Å². The highest BCUT2D eigenvalue weighted by Crippen LogP contribution is 2.60. The summed E-state index contributed by atoms with van der Waals surface area (Å²) in [4.78, 5) is 35.0. The van der Waals surface area contributed by atoms with Gasteiger partial charge in [0.1, 0.15) is 11.5 Å². The number of amides is 1. The molecule has 1 aromatic carbocycles. The second-order valence-corrected chi connectivity index (χ2v) is 16.1. The molecular weight excluding hydrogens is 439 g/mol. The maximum absolute atomic E-state index is 13.5. The number of anilines is 1. The molecule has 1 saturated carbocycles. The van der Waals surface area contributed by atoms with Crippen LogP contribution in [0.25, 0.3) is 0 Å². The molecule has 1 aliphatic carbocycles. The van der Waals surface area contributed by atoms with Gasteiger partial charge in [0.15, 0.2) is 0 Å². The first-order chi connectivity index (χ1) is 15.5. The quantitative estimate of drug-likeness (QED) is 0.560. The number of aryl methyl sites for hydroxylation is 1. The third-order valence-electron chi connectivity index (χ3n) is 7.45. The van der Waals surface area contributed by atoms with Crippen molar-refractivity contribution in [3.8, 4) is 0 Å². The molecule has 0 bridgehead atoms. The molecule has 4 rings (SSSR count). The van der Waals surface area contributed by atoms with E-state index in [9.17, 15) is 19.1 Å². The van der Waals surface area contributed by atoms with Crippen molar-refractivity contribution in [1.29, 1.82) is 0 Å². The first kappa shape index (κ1) is 23.6. The molecule has 2 atom stereocenters. The van der Waals surface area contributed by atoms with E-state index in [2.05, 4.69) is 39.8 Å². The van der Waals surface area contributed by atoms with Crippen molar-refractivity contribution >= 4 is 19.9 Å². The van der Waals surface area contributed by atoms with E-state index < -0.39 is 26.1 Å². The van der Waals surface area contributed by atoms with Crippen LogP contribution in [0.3, 0.4) is 0 Å². The largest absolute Gasteiger partial charge is 0.391 e. The Morgan fingerprint density at radius 3 is 2.73 bits per heavy atom. The van der Waals surface area contributed by atoms with E-state index in [1.807, 2.05) is 0 Å². The molecule has 2 aromatic rings. The van der Waals surface area contributed by atoms with E-state index in [0.717, 1.165) is 30.6 Å². The smallest absolute Gasteiger partial charge is 0.270 e. The van der Waals surface area contributed by atoms with Crippen LogP contribution in [-0.4, -0.2) is 42.1 Å². The maximum Gasteiger partial charge on any atom is 0.270 e. The molecule has 1 spiro atoms. The molecule has 9 heteroatoms. The normalized spacial score (nSPS) is 22.5. The van der Waals surface area contributed by atoms with E-state index in [1.54, 1.807) is 19.1 Å². The van der Waals surface area contributed by atoms with Crippen LogP contribution >= 0.6 is 0 Å². The summed E-state index contributed by atoms with van der Waals surface area (Å²) in [5.74, 6) is -0.455. The van der Waals surface area contributed by atoms with Gasteiger partial charge in [-0.25, -0.2) is 9.37 Å². The fourth-order valence-corrected chi connectivity index (χ4v) is 8.89. The van der Waals surface area contributed by atoms with Crippen molar-refractivity contribution in [2.24, 2.45) is 5.41 Å². The lowest BCUT2D eigenvalue weighted by Crippen LogP contribution is -2.49. The van der Waals surface area contributed by atoms with Crippen LogP contribution in [0.4, 0.5) is 10.3 Å². The Morgan fingerprint density at radius 1 is 1.36 bits per heavy atom. The standard InChI is InChI=1S/C24H33FN4O3Si/c1-15-11-16(5-6-18(15)25)12-26-22(32)20-17(13-30)21(31)28-23(27-20)29-10-9-24(14-29)8-7-19(24)33(2,3)4/h5-6,11,19,30H,7-10,12-14H2,1-4H3,(H,26,32)(H,27,28,31). The molecule has 2 heterocycles. The number of aromatic amines is 1. The third kappa shape index (κ3) is 4.48. The molecule has 3 N–H and O–H groups in total. The van der Waals surface area contributed by atoms with Crippen LogP contribution < -0.4 is 15.8 Å². The lowest BCUT2D eigenvalue weighted by molar-refractivity contribution is 0.0942. The third-order valence-corrected chi connectivity index (χ3v) is 10.4. The zero-order chi connectivity index (χ0) is 24.0. The molecule has 1 saturated heterocycles. The number of hydrogen-bond donors (Lipinski definition) is 3. The van der Waals surface area contributed by atoms with Gasteiger partial charge in [-0.05, 0) is 47.9 Å². The van der Waals surface area contributed by atoms with Crippen LogP contribution in [0.15, 0.2) is 23.0 Å². The topological polar surface area (TPSA) is 98.3 Å². The highest BCUT2D eigenvalue weighted by molar-refractivity contribution is 6.77. The number of carbonyl (C=O) groups excluding carboxylic acids is 1. The molecule has 7 nitrogen and oxygen atoms in total. The predicted octanol–water partition coefficient (Wildman–Crippen LogP) is 3.34. The summed E-state index contributed by atoms with van der Waals surface area (Å²) in [5, 5.41) is 12.5.